The van der Waals surface area contributed by atoms with Crippen molar-refractivity contribution in [3.05, 3.63) is 30.0 Å². The highest BCUT2D eigenvalue weighted by molar-refractivity contribution is 7.88. The van der Waals surface area contributed by atoms with E-state index in [2.05, 4.69) is 9.88 Å². The van der Waals surface area contributed by atoms with Gasteiger partial charge in [0.2, 0.25) is 15.9 Å². The molecule has 1 aliphatic rings. The van der Waals surface area contributed by atoms with Crippen molar-refractivity contribution < 1.29 is 17.7 Å². The van der Waals surface area contributed by atoms with E-state index in [1.54, 1.807) is 17.0 Å². The first-order valence-corrected chi connectivity index (χ1v) is 9.29. The smallest absolute Gasteiger partial charge is 0.222 e. The minimum atomic E-state index is -3.48. The fraction of sp³-hybridized carbons (Fsp3) is 0.467. The first kappa shape index (κ1) is 15.9. The SMILES string of the molecule is O=C1CCCN1CCCNS(=O)(=O)Cc1noc2ccccc12. The fourth-order valence-corrected chi connectivity index (χ4v) is 3.84. The number of benzene rings is 1. The van der Waals surface area contributed by atoms with Crippen LogP contribution in [-0.2, 0) is 20.6 Å². The van der Waals surface area contributed by atoms with Gasteiger partial charge in [-0.05, 0) is 25.0 Å². The summed E-state index contributed by atoms with van der Waals surface area (Å²) < 4.78 is 31.9. The highest BCUT2D eigenvalue weighted by Crippen LogP contribution is 2.19. The number of aromatic nitrogens is 1. The third-order valence-electron chi connectivity index (χ3n) is 3.88. The molecular formula is C15H19N3O4S. The summed E-state index contributed by atoms with van der Waals surface area (Å²) in [5, 5.41) is 4.54. The van der Waals surface area contributed by atoms with E-state index in [4.69, 9.17) is 4.52 Å². The van der Waals surface area contributed by atoms with Crippen LogP contribution in [0, 0.1) is 0 Å². The second kappa shape index (κ2) is 6.67. The molecule has 0 aliphatic carbocycles. The molecule has 1 aromatic heterocycles. The van der Waals surface area contributed by atoms with Crippen molar-refractivity contribution in [1.82, 2.24) is 14.8 Å². The monoisotopic (exact) mass is 337 g/mol. The molecule has 1 amide bonds. The van der Waals surface area contributed by atoms with Gasteiger partial charge in [0.05, 0.1) is 0 Å². The largest absolute Gasteiger partial charge is 0.356 e. The lowest BCUT2D eigenvalue weighted by Gasteiger charge is -2.15. The van der Waals surface area contributed by atoms with Crippen LogP contribution in [0.25, 0.3) is 11.0 Å². The Labute approximate surface area is 134 Å². The second-order valence-electron chi connectivity index (χ2n) is 5.62. The molecule has 0 spiro atoms. The topological polar surface area (TPSA) is 92.5 Å². The molecule has 0 unspecified atom stereocenters. The summed E-state index contributed by atoms with van der Waals surface area (Å²) in [5.74, 6) is -0.0611. The van der Waals surface area contributed by atoms with E-state index in [1.807, 2.05) is 12.1 Å². The van der Waals surface area contributed by atoms with Gasteiger partial charge in [0.1, 0.15) is 11.4 Å². The molecule has 7 nitrogen and oxygen atoms in total. The molecule has 3 rings (SSSR count). The summed E-state index contributed by atoms with van der Waals surface area (Å²) in [6, 6.07) is 7.16. The van der Waals surface area contributed by atoms with Gasteiger partial charge in [-0.25, -0.2) is 13.1 Å². The number of hydrogen-bond acceptors (Lipinski definition) is 5. The zero-order chi connectivity index (χ0) is 16.3. The van der Waals surface area contributed by atoms with Crippen LogP contribution in [0.3, 0.4) is 0 Å². The molecule has 2 aromatic rings. The van der Waals surface area contributed by atoms with Crippen LogP contribution in [0.5, 0.6) is 0 Å². The third-order valence-corrected chi connectivity index (χ3v) is 5.17. The molecule has 1 aliphatic heterocycles. The van der Waals surface area contributed by atoms with Gasteiger partial charge >= 0.3 is 0 Å². The van der Waals surface area contributed by atoms with E-state index in [0.717, 1.165) is 13.0 Å². The number of amides is 1. The van der Waals surface area contributed by atoms with Crippen molar-refractivity contribution in [1.29, 1.82) is 0 Å². The summed E-state index contributed by atoms with van der Waals surface area (Å²) in [7, 11) is -3.48. The molecular weight excluding hydrogens is 318 g/mol. The lowest BCUT2D eigenvalue weighted by Crippen LogP contribution is -2.31. The lowest BCUT2D eigenvalue weighted by atomic mass is 10.2. The number of hydrogen-bond donors (Lipinski definition) is 1. The Morgan fingerprint density at radius 1 is 1.30 bits per heavy atom. The fourth-order valence-electron chi connectivity index (χ4n) is 2.71. The van der Waals surface area contributed by atoms with Gasteiger partial charge < -0.3 is 9.42 Å². The Hall–Kier alpha value is -1.93. The number of sulfonamides is 1. The number of carbonyl (C=O) groups is 1. The number of para-hydroxylation sites is 1. The number of carbonyl (C=O) groups excluding carboxylic acids is 1. The van der Waals surface area contributed by atoms with Crippen LogP contribution < -0.4 is 4.72 Å². The molecule has 2 heterocycles. The van der Waals surface area contributed by atoms with Gasteiger partial charge in [0.15, 0.2) is 5.58 Å². The summed E-state index contributed by atoms with van der Waals surface area (Å²) in [4.78, 5) is 13.2. The molecule has 1 fully saturated rings. The van der Waals surface area contributed by atoms with Crippen LogP contribution in [0.1, 0.15) is 25.0 Å². The number of fused-ring (bicyclic) bond motifs is 1. The minimum Gasteiger partial charge on any atom is -0.356 e. The molecule has 1 N–H and O–H groups in total. The molecule has 23 heavy (non-hydrogen) atoms. The van der Waals surface area contributed by atoms with Crippen LogP contribution in [0.2, 0.25) is 0 Å². The Bertz CT molecular complexity index is 800. The van der Waals surface area contributed by atoms with Gasteiger partial charge in [-0.3, -0.25) is 4.79 Å². The Balaban J connectivity index is 1.52. The van der Waals surface area contributed by atoms with Crippen molar-refractivity contribution in [2.24, 2.45) is 0 Å². The van der Waals surface area contributed by atoms with E-state index in [0.29, 0.717) is 42.6 Å². The van der Waals surface area contributed by atoms with E-state index >= 15 is 0 Å². The van der Waals surface area contributed by atoms with Gasteiger partial charge in [-0.2, -0.15) is 0 Å². The number of likely N-dealkylation sites (tertiary alicyclic amines) is 1. The maximum absolute atomic E-state index is 12.1. The Morgan fingerprint density at radius 2 is 2.13 bits per heavy atom. The van der Waals surface area contributed by atoms with E-state index in [-0.39, 0.29) is 11.7 Å². The van der Waals surface area contributed by atoms with E-state index < -0.39 is 10.0 Å². The van der Waals surface area contributed by atoms with Crippen molar-refractivity contribution >= 4 is 26.9 Å². The minimum absolute atomic E-state index is 0.155. The highest BCUT2D eigenvalue weighted by Gasteiger charge is 2.20. The average molecular weight is 337 g/mol. The molecule has 0 atom stereocenters. The Morgan fingerprint density at radius 3 is 2.91 bits per heavy atom. The van der Waals surface area contributed by atoms with Crippen LogP contribution in [0.15, 0.2) is 28.8 Å². The first-order valence-electron chi connectivity index (χ1n) is 7.63. The van der Waals surface area contributed by atoms with Crippen molar-refractivity contribution in [2.45, 2.75) is 25.0 Å². The summed E-state index contributed by atoms with van der Waals surface area (Å²) in [6.07, 6.45) is 2.10. The maximum Gasteiger partial charge on any atom is 0.222 e. The molecule has 0 saturated carbocycles. The molecule has 0 radical (unpaired) electrons. The van der Waals surface area contributed by atoms with Crippen molar-refractivity contribution in [2.75, 3.05) is 19.6 Å². The van der Waals surface area contributed by atoms with Crippen LogP contribution in [0.4, 0.5) is 0 Å². The van der Waals surface area contributed by atoms with Crippen LogP contribution >= 0.6 is 0 Å². The third kappa shape index (κ3) is 3.89. The standard InChI is InChI=1S/C15H19N3O4S/c19-15-7-3-9-18(15)10-4-8-16-23(20,21)11-13-12-5-1-2-6-14(12)22-17-13/h1-2,5-6,16H,3-4,7-11H2. The average Bonchev–Trinajstić information content (AvgIpc) is 3.11. The predicted octanol–water partition coefficient (Wildman–Crippen LogP) is 1.26. The van der Waals surface area contributed by atoms with Crippen molar-refractivity contribution in [3.8, 4) is 0 Å². The lowest BCUT2D eigenvalue weighted by molar-refractivity contribution is -0.127. The van der Waals surface area contributed by atoms with Gasteiger partial charge in [0.25, 0.3) is 0 Å². The zero-order valence-electron chi connectivity index (χ0n) is 12.7. The number of nitrogens with zero attached hydrogens (tertiary/aromatic N) is 2. The van der Waals surface area contributed by atoms with Crippen LogP contribution in [-0.4, -0.2) is 44.0 Å². The zero-order valence-corrected chi connectivity index (χ0v) is 13.5. The molecule has 1 saturated heterocycles. The van der Waals surface area contributed by atoms with E-state index in [9.17, 15) is 13.2 Å². The highest BCUT2D eigenvalue weighted by atomic mass is 32.2. The van der Waals surface area contributed by atoms with Crippen molar-refractivity contribution in [3.63, 3.8) is 0 Å². The maximum atomic E-state index is 12.1. The van der Waals surface area contributed by atoms with Gasteiger partial charge in [-0.1, -0.05) is 17.3 Å². The Kier molecular flexibility index (Phi) is 4.63. The normalized spacial score (nSPS) is 15.7. The molecule has 124 valence electrons. The van der Waals surface area contributed by atoms with Gasteiger partial charge in [-0.15, -0.1) is 0 Å². The molecule has 0 bridgehead atoms. The second-order valence-corrected chi connectivity index (χ2v) is 7.42. The summed E-state index contributed by atoms with van der Waals surface area (Å²) in [6.45, 7) is 1.67. The number of nitrogens with one attached hydrogen (secondary N) is 1. The number of rotatable bonds is 7. The summed E-state index contributed by atoms with van der Waals surface area (Å²) in [5.41, 5.74) is 0.980. The first-order chi connectivity index (χ1) is 11.1. The summed E-state index contributed by atoms with van der Waals surface area (Å²) >= 11 is 0. The predicted molar refractivity (Wildman–Crippen MR) is 85.1 cm³/mol. The molecule has 1 aromatic carbocycles. The quantitative estimate of drug-likeness (QED) is 0.768. The van der Waals surface area contributed by atoms with Gasteiger partial charge in [0, 0.05) is 31.4 Å². The van der Waals surface area contributed by atoms with E-state index in [1.165, 1.54) is 0 Å². The molecule has 8 heteroatoms.